The van der Waals surface area contributed by atoms with E-state index in [1.807, 2.05) is 0 Å². The molecule has 2 aliphatic heterocycles. The van der Waals surface area contributed by atoms with Crippen LogP contribution in [0.4, 0.5) is 0 Å². The Bertz CT molecular complexity index is 420. The molecule has 116 valence electrons. The van der Waals surface area contributed by atoms with Gasteiger partial charge in [-0.3, -0.25) is 9.80 Å². The largest absolute Gasteiger partial charge is 0.396 e. The van der Waals surface area contributed by atoms with E-state index >= 15 is 0 Å². The third-order valence-electron chi connectivity index (χ3n) is 4.73. The number of morpholine rings is 1. The van der Waals surface area contributed by atoms with Crippen molar-refractivity contribution in [1.29, 1.82) is 0 Å². The van der Waals surface area contributed by atoms with Crippen molar-refractivity contribution >= 4 is 0 Å². The van der Waals surface area contributed by atoms with Crippen molar-refractivity contribution in [3.05, 3.63) is 35.9 Å². The molecular formula is C17H26N2O2. The lowest BCUT2D eigenvalue weighted by Crippen LogP contribution is -2.41. The summed E-state index contributed by atoms with van der Waals surface area (Å²) in [6.45, 7) is 8.28. The molecular weight excluding hydrogens is 264 g/mol. The highest BCUT2D eigenvalue weighted by Gasteiger charge is 2.33. The highest BCUT2D eigenvalue weighted by Crippen LogP contribution is 2.25. The Labute approximate surface area is 127 Å². The highest BCUT2D eigenvalue weighted by atomic mass is 16.5. The average Bonchev–Trinajstić information content (AvgIpc) is 2.91. The molecule has 4 heteroatoms. The monoisotopic (exact) mass is 290 g/mol. The van der Waals surface area contributed by atoms with Crippen LogP contribution in [-0.4, -0.2) is 67.5 Å². The number of hydrogen-bond acceptors (Lipinski definition) is 4. The zero-order valence-electron chi connectivity index (χ0n) is 12.7. The van der Waals surface area contributed by atoms with Crippen LogP contribution in [0.5, 0.6) is 0 Å². The molecule has 0 spiro atoms. The number of benzene rings is 1. The second kappa shape index (κ2) is 7.36. The van der Waals surface area contributed by atoms with Gasteiger partial charge in [0.15, 0.2) is 0 Å². The van der Waals surface area contributed by atoms with Crippen LogP contribution < -0.4 is 0 Å². The van der Waals surface area contributed by atoms with E-state index in [2.05, 4.69) is 40.1 Å². The van der Waals surface area contributed by atoms with E-state index in [0.717, 1.165) is 52.5 Å². The van der Waals surface area contributed by atoms with Gasteiger partial charge in [0.1, 0.15) is 0 Å². The predicted molar refractivity (Wildman–Crippen MR) is 83.0 cm³/mol. The fourth-order valence-electron chi connectivity index (χ4n) is 3.54. The molecule has 0 aliphatic carbocycles. The number of aliphatic hydroxyl groups is 1. The first-order valence-corrected chi connectivity index (χ1v) is 8.02. The molecule has 2 heterocycles. The Morgan fingerprint density at radius 1 is 1.00 bits per heavy atom. The lowest BCUT2D eigenvalue weighted by Gasteiger charge is -2.30. The summed E-state index contributed by atoms with van der Waals surface area (Å²) in [6.07, 6.45) is 0. The van der Waals surface area contributed by atoms with Crippen molar-refractivity contribution in [3.63, 3.8) is 0 Å². The van der Waals surface area contributed by atoms with E-state index in [1.54, 1.807) is 0 Å². The Balaban J connectivity index is 1.55. The van der Waals surface area contributed by atoms with Crippen LogP contribution in [0.3, 0.4) is 0 Å². The average molecular weight is 290 g/mol. The normalized spacial score (nSPS) is 28.0. The van der Waals surface area contributed by atoms with Gasteiger partial charge in [0.25, 0.3) is 0 Å². The molecule has 1 N–H and O–H groups in total. The van der Waals surface area contributed by atoms with E-state index in [1.165, 1.54) is 5.56 Å². The van der Waals surface area contributed by atoms with E-state index < -0.39 is 0 Å². The van der Waals surface area contributed by atoms with Gasteiger partial charge in [0.2, 0.25) is 0 Å². The van der Waals surface area contributed by atoms with Gasteiger partial charge < -0.3 is 9.84 Å². The lowest BCUT2D eigenvalue weighted by atomic mass is 9.96. The van der Waals surface area contributed by atoms with Crippen LogP contribution >= 0.6 is 0 Å². The molecule has 0 radical (unpaired) electrons. The van der Waals surface area contributed by atoms with Gasteiger partial charge in [-0.05, 0) is 17.4 Å². The smallest absolute Gasteiger partial charge is 0.0594 e. The summed E-state index contributed by atoms with van der Waals surface area (Å²) in [5, 5.41) is 9.68. The van der Waals surface area contributed by atoms with Crippen LogP contribution in [0, 0.1) is 11.8 Å². The Hall–Kier alpha value is -0.940. The molecule has 3 rings (SSSR count). The fraction of sp³-hybridized carbons (Fsp3) is 0.647. The Kier molecular flexibility index (Phi) is 5.25. The maximum absolute atomic E-state index is 9.68. The number of aliphatic hydroxyl groups excluding tert-OH is 1. The van der Waals surface area contributed by atoms with Gasteiger partial charge in [-0.15, -0.1) is 0 Å². The quantitative estimate of drug-likeness (QED) is 0.880. The molecule has 0 bridgehead atoms. The summed E-state index contributed by atoms with van der Waals surface area (Å²) in [6, 6.07) is 10.6. The van der Waals surface area contributed by atoms with E-state index in [0.29, 0.717) is 18.4 Å². The minimum Gasteiger partial charge on any atom is -0.396 e. The standard InChI is InChI=1S/C17H26N2O2/c20-14-17-13-19(10-15-4-2-1-3-5-15)12-16(17)11-18-6-8-21-9-7-18/h1-5,16-17,20H,6-14H2/t16-,17-/m1/s1. The van der Waals surface area contributed by atoms with Crippen molar-refractivity contribution in [2.24, 2.45) is 11.8 Å². The summed E-state index contributed by atoms with van der Waals surface area (Å²) in [7, 11) is 0. The molecule has 2 aliphatic rings. The molecule has 4 nitrogen and oxygen atoms in total. The number of nitrogens with zero attached hydrogens (tertiary/aromatic N) is 2. The van der Waals surface area contributed by atoms with E-state index in [9.17, 15) is 5.11 Å². The molecule has 0 amide bonds. The molecule has 2 atom stereocenters. The first-order valence-electron chi connectivity index (χ1n) is 8.02. The molecule has 0 saturated carbocycles. The molecule has 21 heavy (non-hydrogen) atoms. The van der Waals surface area contributed by atoms with Gasteiger partial charge in [0.05, 0.1) is 13.2 Å². The third kappa shape index (κ3) is 4.04. The zero-order chi connectivity index (χ0) is 14.5. The zero-order valence-corrected chi connectivity index (χ0v) is 12.7. The van der Waals surface area contributed by atoms with Crippen molar-refractivity contribution in [2.75, 3.05) is 52.5 Å². The molecule has 2 saturated heterocycles. The van der Waals surface area contributed by atoms with Crippen LogP contribution in [0.15, 0.2) is 30.3 Å². The molecule has 0 unspecified atom stereocenters. The summed E-state index contributed by atoms with van der Waals surface area (Å²) < 4.78 is 5.42. The fourth-order valence-corrected chi connectivity index (χ4v) is 3.54. The second-order valence-corrected chi connectivity index (χ2v) is 6.30. The van der Waals surface area contributed by atoms with Gasteiger partial charge in [0, 0.05) is 45.9 Å². The Morgan fingerprint density at radius 2 is 1.71 bits per heavy atom. The van der Waals surface area contributed by atoms with E-state index in [-0.39, 0.29) is 0 Å². The van der Waals surface area contributed by atoms with E-state index in [4.69, 9.17) is 4.74 Å². The number of ether oxygens (including phenoxy) is 1. The third-order valence-corrected chi connectivity index (χ3v) is 4.73. The molecule has 1 aromatic rings. The van der Waals surface area contributed by atoms with Gasteiger partial charge in [-0.2, -0.15) is 0 Å². The topological polar surface area (TPSA) is 35.9 Å². The molecule has 2 fully saturated rings. The predicted octanol–water partition coefficient (Wildman–Crippen LogP) is 1.06. The van der Waals surface area contributed by atoms with Gasteiger partial charge in [-0.25, -0.2) is 0 Å². The maximum Gasteiger partial charge on any atom is 0.0594 e. The Morgan fingerprint density at radius 3 is 2.43 bits per heavy atom. The number of rotatable bonds is 5. The van der Waals surface area contributed by atoms with Gasteiger partial charge in [-0.1, -0.05) is 30.3 Å². The summed E-state index contributed by atoms with van der Waals surface area (Å²) in [5.41, 5.74) is 1.36. The maximum atomic E-state index is 9.68. The van der Waals surface area contributed by atoms with Crippen LogP contribution in [0.25, 0.3) is 0 Å². The molecule has 0 aromatic heterocycles. The number of hydrogen-bond donors (Lipinski definition) is 1. The minimum absolute atomic E-state index is 0.306. The summed E-state index contributed by atoms with van der Waals surface area (Å²) in [5.74, 6) is 0.994. The molecule has 1 aromatic carbocycles. The second-order valence-electron chi connectivity index (χ2n) is 6.30. The van der Waals surface area contributed by atoms with Crippen molar-refractivity contribution in [1.82, 2.24) is 9.80 Å². The van der Waals surface area contributed by atoms with Gasteiger partial charge >= 0.3 is 0 Å². The van der Waals surface area contributed by atoms with Crippen molar-refractivity contribution in [2.45, 2.75) is 6.54 Å². The van der Waals surface area contributed by atoms with Crippen LogP contribution in [-0.2, 0) is 11.3 Å². The van der Waals surface area contributed by atoms with Crippen molar-refractivity contribution < 1.29 is 9.84 Å². The minimum atomic E-state index is 0.306. The van der Waals surface area contributed by atoms with Crippen molar-refractivity contribution in [3.8, 4) is 0 Å². The highest BCUT2D eigenvalue weighted by molar-refractivity contribution is 5.14. The summed E-state index contributed by atoms with van der Waals surface area (Å²) >= 11 is 0. The summed E-state index contributed by atoms with van der Waals surface area (Å²) in [4.78, 5) is 4.98. The SMILES string of the molecule is OC[C@H]1CN(Cc2ccccc2)C[C@H]1CN1CCOCC1. The first-order chi connectivity index (χ1) is 10.3. The lowest BCUT2D eigenvalue weighted by molar-refractivity contribution is 0.0264. The first kappa shape index (κ1) is 15.0. The van der Waals surface area contributed by atoms with Crippen LogP contribution in [0.1, 0.15) is 5.56 Å². The number of likely N-dealkylation sites (tertiary alicyclic amines) is 1. The van der Waals surface area contributed by atoms with Crippen LogP contribution in [0.2, 0.25) is 0 Å².